The minimum absolute atomic E-state index is 0.266. The Kier molecular flexibility index (Phi) is 3.62. The fourth-order valence-corrected chi connectivity index (χ4v) is 3.69. The van der Waals surface area contributed by atoms with Crippen LogP contribution in [0.25, 0.3) is 21.5 Å². The van der Waals surface area contributed by atoms with Gasteiger partial charge in [-0.15, -0.1) is 11.3 Å². The van der Waals surface area contributed by atoms with Gasteiger partial charge in [-0.05, 0) is 40.2 Å². The van der Waals surface area contributed by atoms with Gasteiger partial charge in [-0.3, -0.25) is 0 Å². The fourth-order valence-electron chi connectivity index (χ4n) is 1.95. The van der Waals surface area contributed by atoms with E-state index in [2.05, 4.69) is 36.8 Å². The Morgan fingerprint density at radius 3 is 2.60 bits per heavy atom. The normalized spacial score (nSPS) is 10.9. The minimum atomic E-state index is -0.948. The summed E-state index contributed by atoms with van der Waals surface area (Å²) in [5.74, 6) is -0.948. The maximum Gasteiger partial charge on any atom is 0.336 e. The van der Waals surface area contributed by atoms with Gasteiger partial charge in [0, 0.05) is 19.7 Å². The third kappa shape index (κ3) is 2.51. The number of nitrogens with zero attached hydrogens (tertiary/aromatic N) is 1. The van der Waals surface area contributed by atoms with Crippen molar-refractivity contribution in [3.8, 4) is 10.6 Å². The van der Waals surface area contributed by atoms with Crippen LogP contribution in [0.15, 0.2) is 44.7 Å². The molecule has 20 heavy (non-hydrogen) atoms. The van der Waals surface area contributed by atoms with Crippen LogP contribution in [0.4, 0.5) is 0 Å². The SMILES string of the molecule is O=C(O)c1cc(-c2cc(Br)cs2)nc2cc(Br)ccc12. The van der Waals surface area contributed by atoms with Crippen molar-refractivity contribution in [3.63, 3.8) is 0 Å². The number of pyridine rings is 1. The van der Waals surface area contributed by atoms with Gasteiger partial charge in [0.25, 0.3) is 0 Å². The average molecular weight is 413 g/mol. The first-order chi connectivity index (χ1) is 9.54. The Labute approximate surface area is 135 Å². The number of aromatic carboxylic acids is 1. The topological polar surface area (TPSA) is 50.2 Å². The molecule has 0 radical (unpaired) electrons. The van der Waals surface area contributed by atoms with E-state index in [-0.39, 0.29) is 5.56 Å². The molecule has 100 valence electrons. The van der Waals surface area contributed by atoms with Crippen molar-refractivity contribution in [1.29, 1.82) is 0 Å². The lowest BCUT2D eigenvalue weighted by atomic mass is 10.1. The summed E-state index contributed by atoms with van der Waals surface area (Å²) >= 11 is 8.31. The Morgan fingerprint density at radius 2 is 1.95 bits per heavy atom. The molecule has 1 aromatic carbocycles. The summed E-state index contributed by atoms with van der Waals surface area (Å²) in [6, 6.07) is 8.97. The van der Waals surface area contributed by atoms with E-state index in [1.54, 1.807) is 12.1 Å². The van der Waals surface area contributed by atoms with E-state index in [0.717, 1.165) is 13.8 Å². The largest absolute Gasteiger partial charge is 0.478 e. The van der Waals surface area contributed by atoms with Gasteiger partial charge in [0.1, 0.15) is 0 Å². The van der Waals surface area contributed by atoms with Gasteiger partial charge < -0.3 is 5.11 Å². The molecule has 0 spiro atoms. The van der Waals surface area contributed by atoms with Crippen LogP contribution in [0.5, 0.6) is 0 Å². The van der Waals surface area contributed by atoms with E-state index in [1.807, 2.05) is 23.6 Å². The number of thiophene rings is 1. The fraction of sp³-hybridized carbons (Fsp3) is 0. The zero-order valence-electron chi connectivity index (χ0n) is 9.93. The van der Waals surface area contributed by atoms with Crippen molar-refractivity contribution in [2.75, 3.05) is 0 Å². The Balaban J connectivity index is 2.32. The quantitative estimate of drug-likeness (QED) is 0.630. The summed E-state index contributed by atoms with van der Waals surface area (Å²) in [5, 5.41) is 12.0. The number of carbonyl (C=O) groups is 1. The van der Waals surface area contributed by atoms with Crippen molar-refractivity contribution in [2.24, 2.45) is 0 Å². The molecule has 0 aliphatic rings. The second-order valence-corrected chi connectivity index (χ2v) is 6.89. The van der Waals surface area contributed by atoms with Crippen LogP contribution < -0.4 is 0 Å². The molecular formula is C14H7Br2NO2S. The van der Waals surface area contributed by atoms with Gasteiger partial charge in [-0.2, -0.15) is 0 Å². The van der Waals surface area contributed by atoms with Crippen LogP contribution in [-0.2, 0) is 0 Å². The molecule has 0 aliphatic carbocycles. The van der Waals surface area contributed by atoms with Crippen molar-refractivity contribution < 1.29 is 9.90 Å². The van der Waals surface area contributed by atoms with Gasteiger partial charge in [0.2, 0.25) is 0 Å². The lowest BCUT2D eigenvalue weighted by Crippen LogP contribution is -1.99. The number of hydrogen-bond donors (Lipinski definition) is 1. The molecule has 0 bridgehead atoms. The Bertz CT molecular complexity index is 829. The number of carboxylic acid groups (broad SMARTS) is 1. The Hall–Kier alpha value is -1.24. The van der Waals surface area contributed by atoms with E-state index in [0.29, 0.717) is 16.6 Å². The molecule has 3 rings (SSSR count). The first-order valence-electron chi connectivity index (χ1n) is 5.62. The van der Waals surface area contributed by atoms with Crippen LogP contribution in [0.1, 0.15) is 10.4 Å². The number of carboxylic acids is 1. The molecule has 0 unspecified atom stereocenters. The highest BCUT2D eigenvalue weighted by atomic mass is 79.9. The van der Waals surface area contributed by atoms with Crippen molar-refractivity contribution >= 4 is 60.1 Å². The molecule has 0 atom stereocenters. The van der Waals surface area contributed by atoms with Crippen molar-refractivity contribution in [1.82, 2.24) is 4.98 Å². The van der Waals surface area contributed by atoms with Gasteiger partial charge in [-0.1, -0.05) is 22.0 Å². The van der Waals surface area contributed by atoms with E-state index >= 15 is 0 Å². The second-order valence-electron chi connectivity index (χ2n) is 4.15. The Morgan fingerprint density at radius 1 is 1.15 bits per heavy atom. The molecule has 2 heterocycles. The maximum atomic E-state index is 11.4. The van der Waals surface area contributed by atoms with Crippen LogP contribution in [0.2, 0.25) is 0 Å². The van der Waals surface area contributed by atoms with E-state index < -0.39 is 5.97 Å². The summed E-state index contributed by atoms with van der Waals surface area (Å²) in [6.45, 7) is 0. The molecule has 3 aromatic rings. The van der Waals surface area contributed by atoms with Crippen LogP contribution >= 0.6 is 43.2 Å². The first-order valence-corrected chi connectivity index (χ1v) is 8.09. The van der Waals surface area contributed by atoms with Crippen LogP contribution in [-0.4, -0.2) is 16.1 Å². The number of rotatable bonds is 2. The molecule has 0 fully saturated rings. The summed E-state index contributed by atoms with van der Waals surface area (Å²) in [6.07, 6.45) is 0. The minimum Gasteiger partial charge on any atom is -0.478 e. The number of aromatic nitrogens is 1. The highest BCUT2D eigenvalue weighted by Gasteiger charge is 2.14. The van der Waals surface area contributed by atoms with Crippen LogP contribution in [0.3, 0.4) is 0 Å². The number of fused-ring (bicyclic) bond motifs is 1. The summed E-state index contributed by atoms with van der Waals surface area (Å²) in [4.78, 5) is 16.9. The van der Waals surface area contributed by atoms with Crippen molar-refractivity contribution in [2.45, 2.75) is 0 Å². The number of hydrogen-bond acceptors (Lipinski definition) is 3. The molecule has 6 heteroatoms. The number of benzene rings is 1. The van der Waals surface area contributed by atoms with Gasteiger partial charge in [0.05, 0.1) is 21.7 Å². The predicted molar refractivity (Wildman–Crippen MR) is 87.4 cm³/mol. The summed E-state index contributed by atoms with van der Waals surface area (Å²) < 4.78 is 1.84. The van der Waals surface area contributed by atoms with Crippen molar-refractivity contribution in [3.05, 3.63) is 50.2 Å². The standard InChI is InChI=1S/C14H7Br2NO2S/c15-7-1-2-9-10(14(18)19)5-12(17-11(9)3-7)13-4-8(16)6-20-13/h1-6H,(H,18,19). The molecule has 0 amide bonds. The molecule has 0 saturated heterocycles. The third-order valence-electron chi connectivity index (χ3n) is 2.82. The van der Waals surface area contributed by atoms with Gasteiger partial charge >= 0.3 is 5.97 Å². The first kappa shape index (κ1) is 13.7. The zero-order chi connectivity index (χ0) is 14.3. The average Bonchev–Trinajstić information content (AvgIpc) is 2.83. The second kappa shape index (κ2) is 5.27. The highest BCUT2D eigenvalue weighted by molar-refractivity contribution is 9.10. The van der Waals surface area contributed by atoms with E-state index in [9.17, 15) is 9.90 Å². The van der Waals surface area contributed by atoms with Crippen LogP contribution in [0, 0.1) is 0 Å². The predicted octanol–water partition coefficient (Wildman–Crippen LogP) is 5.19. The van der Waals surface area contributed by atoms with Gasteiger partial charge in [0.15, 0.2) is 0 Å². The monoisotopic (exact) mass is 411 g/mol. The molecule has 0 aliphatic heterocycles. The van der Waals surface area contributed by atoms with E-state index in [1.165, 1.54) is 11.3 Å². The highest BCUT2D eigenvalue weighted by Crippen LogP contribution is 2.32. The van der Waals surface area contributed by atoms with E-state index in [4.69, 9.17) is 0 Å². The smallest absolute Gasteiger partial charge is 0.336 e. The summed E-state index contributed by atoms with van der Waals surface area (Å²) in [5.41, 5.74) is 1.60. The third-order valence-corrected chi connectivity index (χ3v) is 5.03. The maximum absolute atomic E-state index is 11.4. The number of halogens is 2. The molecular weight excluding hydrogens is 406 g/mol. The van der Waals surface area contributed by atoms with Gasteiger partial charge in [-0.25, -0.2) is 9.78 Å². The lowest BCUT2D eigenvalue weighted by molar-refractivity contribution is 0.0699. The molecule has 1 N–H and O–H groups in total. The molecule has 2 aromatic heterocycles. The molecule has 3 nitrogen and oxygen atoms in total. The molecule has 0 saturated carbocycles. The lowest BCUT2D eigenvalue weighted by Gasteiger charge is -2.06. The summed E-state index contributed by atoms with van der Waals surface area (Å²) in [7, 11) is 0. The zero-order valence-corrected chi connectivity index (χ0v) is 13.9.